The first-order valence-electron chi connectivity index (χ1n) is 4.53. The van der Waals surface area contributed by atoms with E-state index in [2.05, 4.69) is 0 Å². The summed E-state index contributed by atoms with van der Waals surface area (Å²) in [5.41, 5.74) is 0.738. The van der Waals surface area contributed by atoms with Crippen molar-refractivity contribution in [2.75, 3.05) is 6.79 Å². The Labute approximate surface area is 79.2 Å². The lowest BCUT2D eigenvalue weighted by Crippen LogP contribution is -2.25. The summed E-state index contributed by atoms with van der Waals surface area (Å²) in [6.07, 6.45) is 0.845. The molecule has 1 atom stereocenters. The average molecular weight is 180 g/mol. The summed E-state index contributed by atoms with van der Waals surface area (Å²) in [5.74, 6) is 0. The Balaban J connectivity index is 2.89. The molecule has 13 heavy (non-hydrogen) atoms. The number of benzene rings is 1. The van der Waals surface area contributed by atoms with Crippen molar-refractivity contribution in [3.63, 3.8) is 0 Å². The van der Waals surface area contributed by atoms with Crippen LogP contribution in [0.2, 0.25) is 0 Å². The van der Waals surface area contributed by atoms with Gasteiger partial charge in [-0.15, -0.1) is 0 Å². The maximum absolute atomic E-state index is 8.77. The van der Waals surface area contributed by atoms with Crippen LogP contribution in [0.1, 0.15) is 25.8 Å². The highest BCUT2D eigenvalue weighted by molar-refractivity contribution is 5.21. The van der Waals surface area contributed by atoms with E-state index in [-0.39, 0.29) is 12.4 Å². The summed E-state index contributed by atoms with van der Waals surface area (Å²) in [6, 6.07) is 9.95. The lowest BCUT2D eigenvalue weighted by Gasteiger charge is -2.28. The van der Waals surface area contributed by atoms with Gasteiger partial charge in [0, 0.05) is 0 Å². The molecular weight excluding hydrogens is 164 g/mol. The molecule has 1 rings (SSSR count). The molecule has 0 fully saturated rings. The summed E-state index contributed by atoms with van der Waals surface area (Å²) in [7, 11) is 0. The first-order valence-corrected chi connectivity index (χ1v) is 4.53. The zero-order valence-corrected chi connectivity index (χ0v) is 8.16. The molecule has 0 aliphatic rings. The fraction of sp³-hybridized carbons (Fsp3) is 0.455. The van der Waals surface area contributed by atoms with Gasteiger partial charge in [-0.05, 0) is 18.9 Å². The Hall–Kier alpha value is -0.860. The molecule has 0 heterocycles. The van der Waals surface area contributed by atoms with E-state index in [1.165, 1.54) is 0 Å². The second-order valence-electron chi connectivity index (χ2n) is 3.22. The minimum absolute atomic E-state index is 0.237. The topological polar surface area (TPSA) is 29.5 Å². The number of aliphatic hydroxyl groups is 1. The predicted molar refractivity (Wildman–Crippen MR) is 52.3 cm³/mol. The highest BCUT2D eigenvalue weighted by Crippen LogP contribution is 2.28. The first-order chi connectivity index (χ1) is 6.23. The quantitative estimate of drug-likeness (QED) is 0.720. The van der Waals surface area contributed by atoms with Crippen molar-refractivity contribution < 1.29 is 9.84 Å². The van der Waals surface area contributed by atoms with E-state index in [0.717, 1.165) is 12.0 Å². The van der Waals surface area contributed by atoms with Gasteiger partial charge in [-0.1, -0.05) is 37.3 Å². The fourth-order valence-electron chi connectivity index (χ4n) is 1.32. The summed E-state index contributed by atoms with van der Waals surface area (Å²) < 4.78 is 5.32. The zero-order valence-electron chi connectivity index (χ0n) is 8.16. The summed E-state index contributed by atoms with van der Waals surface area (Å²) in [4.78, 5) is 0. The molecule has 0 aliphatic heterocycles. The normalized spacial score (nSPS) is 15.3. The SMILES string of the molecule is CCC(C)(OCO)c1ccccc1. The van der Waals surface area contributed by atoms with Crippen molar-refractivity contribution in [3.05, 3.63) is 35.9 Å². The maximum Gasteiger partial charge on any atom is 0.144 e. The molecule has 0 saturated heterocycles. The van der Waals surface area contributed by atoms with Crippen molar-refractivity contribution in [2.45, 2.75) is 25.9 Å². The molecule has 0 saturated carbocycles. The van der Waals surface area contributed by atoms with Crippen molar-refractivity contribution in [3.8, 4) is 0 Å². The van der Waals surface area contributed by atoms with Crippen molar-refractivity contribution in [1.29, 1.82) is 0 Å². The van der Waals surface area contributed by atoms with Gasteiger partial charge >= 0.3 is 0 Å². The molecule has 1 unspecified atom stereocenters. The molecule has 0 radical (unpaired) electrons. The van der Waals surface area contributed by atoms with Gasteiger partial charge in [0.25, 0.3) is 0 Å². The lowest BCUT2D eigenvalue weighted by molar-refractivity contribution is -0.114. The molecule has 72 valence electrons. The molecule has 1 aromatic rings. The number of ether oxygens (including phenoxy) is 1. The third kappa shape index (κ3) is 2.29. The number of rotatable bonds is 4. The van der Waals surface area contributed by atoms with Crippen LogP contribution in [0, 0.1) is 0 Å². The van der Waals surface area contributed by atoms with Gasteiger partial charge in [-0.3, -0.25) is 0 Å². The maximum atomic E-state index is 8.77. The number of hydrogen-bond donors (Lipinski definition) is 1. The Morgan fingerprint density at radius 2 is 1.92 bits per heavy atom. The van der Waals surface area contributed by atoms with Gasteiger partial charge in [0.1, 0.15) is 6.79 Å². The van der Waals surface area contributed by atoms with E-state index in [4.69, 9.17) is 9.84 Å². The van der Waals surface area contributed by atoms with Gasteiger partial charge in [0.05, 0.1) is 5.60 Å². The molecule has 0 bridgehead atoms. The van der Waals surface area contributed by atoms with E-state index in [9.17, 15) is 0 Å². The van der Waals surface area contributed by atoms with Crippen molar-refractivity contribution in [1.82, 2.24) is 0 Å². The lowest BCUT2D eigenvalue weighted by atomic mass is 9.93. The van der Waals surface area contributed by atoms with Crippen LogP contribution in [0.25, 0.3) is 0 Å². The van der Waals surface area contributed by atoms with Gasteiger partial charge in [0.2, 0.25) is 0 Å². The van der Waals surface area contributed by atoms with Crippen LogP contribution in [0.5, 0.6) is 0 Å². The second-order valence-corrected chi connectivity index (χ2v) is 3.22. The standard InChI is InChI=1S/C11H16O2/c1-3-11(2,13-9-12)10-7-5-4-6-8-10/h4-8,12H,3,9H2,1-2H3. The minimum atomic E-state index is -0.365. The highest BCUT2D eigenvalue weighted by Gasteiger charge is 2.24. The third-order valence-electron chi connectivity index (χ3n) is 2.44. The van der Waals surface area contributed by atoms with Crippen LogP contribution < -0.4 is 0 Å². The third-order valence-corrected chi connectivity index (χ3v) is 2.44. The number of aliphatic hydroxyl groups excluding tert-OH is 1. The Morgan fingerprint density at radius 3 is 2.38 bits per heavy atom. The van der Waals surface area contributed by atoms with E-state index in [1.807, 2.05) is 44.2 Å². The molecule has 2 heteroatoms. The fourth-order valence-corrected chi connectivity index (χ4v) is 1.32. The largest absolute Gasteiger partial charge is 0.371 e. The molecular formula is C11H16O2. The van der Waals surface area contributed by atoms with Crippen LogP contribution in [-0.2, 0) is 10.3 Å². The van der Waals surface area contributed by atoms with Crippen LogP contribution in [0.15, 0.2) is 30.3 Å². The zero-order chi connectivity index (χ0) is 9.73. The van der Waals surface area contributed by atoms with E-state index < -0.39 is 0 Å². The Bertz CT molecular complexity index is 246. The van der Waals surface area contributed by atoms with Crippen LogP contribution >= 0.6 is 0 Å². The van der Waals surface area contributed by atoms with Crippen molar-refractivity contribution in [2.24, 2.45) is 0 Å². The molecule has 0 aliphatic carbocycles. The summed E-state index contributed by atoms with van der Waals surface area (Å²) in [6.45, 7) is 3.79. The summed E-state index contributed by atoms with van der Waals surface area (Å²) >= 11 is 0. The van der Waals surface area contributed by atoms with Gasteiger partial charge in [0.15, 0.2) is 0 Å². The molecule has 1 aromatic carbocycles. The molecule has 0 aromatic heterocycles. The van der Waals surface area contributed by atoms with Gasteiger partial charge in [-0.2, -0.15) is 0 Å². The van der Waals surface area contributed by atoms with Gasteiger partial charge < -0.3 is 9.84 Å². The smallest absolute Gasteiger partial charge is 0.144 e. The van der Waals surface area contributed by atoms with E-state index in [0.29, 0.717) is 0 Å². The molecule has 0 spiro atoms. The van der Waals surface area contributed by atoms with Crippen LogP contribution in [0.3, 0.4) is 0 Å². The molecule has 1 N–H and O–H groups in total. The predicted octanol–water partition coefficient (Wildman–Crippen LogP) is 2.28. The average Bonchev–Trinajstić information content (AvgIpc) is 2.19. The van der Waals surface area contributed by atoms with Crippen LogP contribution in [-0.4, -0.2) is 11.9 Å². The second kappa shape index (κ2) is 4.40. The number of hydrogen-bond acceptors (Lipinski definition) is 2. The van der Waals surface area contributed by atoms with Crippen LogP contribution in [0.4, 0.5) is 0 Å². The Kier molecular flexibility index (Phi) is 3.46. The molecule has 2 nitrogen and oxygen atoms in total. The van der Waals surface area contributed by atoms with Gasteiger partial charge in [-0.25, -0.2) is 0 Å². The first kappa shape index (κ1) is 10.2. The summed E-state index contributed by atoms with van der Waals surface area (Å²) in [5, 5.41) is 8.77. The van der Waals surface area contributed by atoms with Crippen molar-refractivity contribution >= 4 is 0 Å². The minimum Gasteiger partial charge on any atom is -0.371 e. The monoisotopic (exact) mass is 180 g/mol. The Morgan fingerprint density at radius 1 is 1.31 bits per heavy atom. The molecule has 0 amide bonds. The van der Waals surface area contributed by atoms with E-state index >= 15 is 0 Å². The van der Waals surface area contributed by atoms with E-state index in [1.54, 1.807) is 0 Å². The highest BCUT2D eigenvalue weighted by atomic mass is 16.6.